The molecule has 0 bridgehead atoms. The van der Waals surface area contributed by atoms with Gasteiger partial charge in [0.1, 0.15) is 5.82 Å². The molecule has 2 aromatic heterocycles. The molecule has 0 saturated carbocycles. The summed E-state index contributed by atoms with van der Waals surface area (Å²) in [5.41, 5.74) is 8.04. The van der Waals surface area contributed by atoms with Gasteiger partial charge in [0.15, 0.2) is 11.5 Å². The molecule has 4 nitrogen and oxygen atoms in total. The second-order valence-corrected chi connectivity index (χ2v) is 4.10. The van der Waals surface area contributed by atoms with Crippen molar-refractivity contribution in [3.8, 4) is 0 Å². The maximum atomic E-state index is 12.8. The Hall–Kier alpha value is -2.43. The first kappa shape index (κ1) is 10.7. The van der Waals surface area contributed by atoms with Crippen molar-refractivity contribution in [2.75, 3.05) is 5.73 Å². The van der Waals surface area contributed by atoms with Crippen LogP contribution < -0.4 is 5.73 Å². The fourth-order valence-corrected chi connectivity index (χ4v) is 1.80. The zero-order chi connectivity index (χ0) is 12.5. The van der Waals surface area contributed by atoms with Gasteiger partial charge in [0, 0.05) is 6.42 Å². The van der Waals surface area contributed by atoms with Crippen LogP contribution in [0.4, 0.5) is 10.1 Å². The Morgan fingerprint density at radius 1 is 1.11 bits per heavy atom. The Balaban J connectivity index is 1.92. The predicted molar refractivity (Wildman–Crippen MR) is 66.6 cm³/mol. The van der Waals surface area contributed by atoms with Crippen molar-refractivity contribution in [3.63, 3.8) is 0 Å². The number of nitrogens with zero attached hydrogens (tertiary/aromatic N) is 3. The van der Waals surface area contributed by atoms with Gasteiger partial charge in [0.2, 0.25) is 0 Å². The lowest BCUT2D eigenvalue weighted by atomic mass is 10.1. The van der Waals surface area contributed by atoms with Gasteiger partial charge in [-0.25, -0.2) is 13.9 Å². The molecule has 2 N–H and O–H groups in total. The summed E-state index contributed by atoms with van der Waals surface area (Å²) in [6.07, 6.45) is 2.29. The van der Waals surface area contributed by atoms with Crippen LogP contribution in [0.3, 0.4) is 0 Å². The average molecular weight is 242 g/mol. The maximum Gasteiger partial charge on any atom is 0.156 e. The van der Waals surface area contributed by atoms with Gasteiger partial charge in [0.25, 0.3) is 0 Å². The van der Waals surface area contributed by atoms with E-state index in [1.54, 1.807) is 28.9 Å². The minimum absolute atomic E-state index is 0.241. The minimum Gasteiger partial charge on any atom is -0.397 e. The van der Waals surface area contributed by atoms with E-state index in [0.29, 0.717) is 17.9 Å². The highest BCUT2D eigenvalue weighted by atomic mass is 19.1. The fourth-order valence-electron chi connectivity index (χ4n) is 1.80. The van der Waals surface area contributed by atoms with Crippen LogP contribution in [0.25, 0.3) is 5.65 Å². The van der Waals surface area contributed by atoms with E-state index in [0.717, 1.165) is 11.2 Å². The Kier molecular flexibility index (Phi) is 2.44. The van der Waals surface area contributed by atoms with Crippen LogP contribution in [-0.4, -0.2) is 14.6 Å². The molecule has 2 heterocycles. The second kappa shape index (κ2) is 4.10. The van der Waals surface area contributed by atoms with Crippen LogP contribution in [0, 0.1) is 5.82 Å². The number of pyridine rings is 1. The van der Waals surface area contributed by atoms with Crippen LogP contribution in [0.1, 0.15) is 11.4 Å². The van der Waals surface area contributed by atoms with Gasteiger partial charge in [0.05, 0.1) is 11.9 Å². The zero-order valence-electron chi connectivity index (χ0n) is 9.55. The standard InChI is InChI=1S/C13H11FN4/c14-10-3-1-9(2-4-10)7-12-16-13-6-5-11(15)8-18(13)17-12/h1-6,8H,7,15H2. The largest absolute Gasteiger partial charge is 0.397 e. The number of nitrogen functional groups attached to an aromatic ring is 1. The van der Waals surface area contributed by atoms with Crippen LogP contribution in [0.2, 0.25) is 0 Å². The van der Waals surface area contributed by atoms with Crippen molar-refractivity contribution in [2.24, 2.45) is 0 Å². The summed E-state index contributed by atoms with van der Waals surface area (Å²) in [7, 11) is 0. The SMILES string of the molecule is Nc1ccc2nc(Cc3ccc(F)cc3)nn2c1. The summed E-state index contributed by atoms with van der Waals surface area (Å²) in [5, 5.41) is 4.32. The molecule has 0 unspecified atom stereocenters. The van der Waals surface area contributed by atoms with Crippen LogP contribution in [0.15, 0.2) is 42.6 Å². The third-order valence-corrected chi connectivity index (χ3v) is 2.67. The fraction of sp³-hybridized carbons (Fsp3) is 0.0769. The highest BCUT2D eigenvalue weighted by molar-refractivity contribution is 5.46. The van der Waals surface area contributed by atoms with Gasteiger partial charge in [-0.15, -0.1) is 0 Å². The van der Waals surface area contributed by atoms with Crippen molar-refractivity contribution in [2.45, 2.75) is 6.42 Å². The Morgan fingerprint density at radius 3 is 2.67 bits per heavy atom. The van der Waals surface area contributed by atoms with E-state index in [1.165, 1.54) is 12.1 Å². The molecular weight excluding hydrogens is 231 g/mol. The molecule has 0 aliphatic rings. The Labute approximate surface area is 103 Å². The first-order chi connectivity index (χ1) is 8.70. The van der Waals surface area contributed by atoms with E-state index in [9.17, 15) is 4.39 Å². The molecule has 0 amide bonds. The van der Waals surface area contributed by atoms with Crippen molar-refractivity contribution in [1.29, 1.82) is 0 Å². The van der Waals surface area contributed by atoms with Gasteiger partial charge in [-0.1, -0.05) is 12.1 Å². The molecule has 0 atom stereocenters. The molecule has 1 aromatic carbocycles. The van der Waals surface area contributed by atoms with Crippen molar-refractivity contribution in [1.82, 2.24) is 14.6 Å². The van der Waals surface area contributed by atoms with Crippen molar-refractivity contribution < 1.29 is 4.39 Å². The number of nitrogens with two attached hydrogens (primary N) is 1. The van der Waals surface area contributed by atoms with Crippen LogP contribution in [0.5, 0.6) is 0 Å². The molecule has 18 heavy (non-hydrogen) atoms. The van der Waals surface area contributed by atoms with Crippen LogP contribution >= 0.6 is 0 Å². The number of fused-ring (bicyclic) bond motifs is 1. The number of aromatic nitrogens is 3. The van der Waals surface area contributed by atoms with E-state index >= 15 is 0 Å². The lowest BCUT2D eigenvalue weighted by Crippen LogP contribution is -1.93. The first-order valence-electron chi connectivity index (χ1n) is 5.56. The Bertz CT molecular complexity index is 688. The highest BCUT2D eigenvalue weighted by Crippen LogP contribution is 2.10. The van der Waals surface area contributed by atoms with Gasteiger partial charge in [-0.3, -0.25) is 0 Å². The third-order valence-electron chi connectivity index (χ3n) is 2.67. The van der Waals surface area contributed by atoms with E-state index in [4.69, 9.17) is 5.73 Å². The lowest BCUT2D eigenvalue weighted by molar-refractivity contribution is 0.627. The molecule has 90 valence electrons. The molecule has 0 spiro atoms. The molecule has 0 aliphatic heterocycles. The lowest BCUT2D eigenvalue weighted by Gasteiger charge is -1.96. The molecule has 0 fully saturated rings. The monoisotopic (exact) mass is 242 g/mol. The van der Waals surface area contributed by atoms with Crippen LogP contribution in [-0.2, 0) is 6.42 Å². The molecule has 0 radical (unpaired) electrons. The molecule has 0 aliphatic carbocycles. The summed E-state index contributed by atoms with van der Waals surface area (Å²) in [5.74, 6) is 0.446. The molecular formula is C13H11FN4. The third kappa shape index (κ3) is 2.02. The summed E-state index contributed by atoms with van der Waals surface area (Å²) >= 11 is 0. The Morgan fingerprint density at radius 2 is 1.89 bits per heavy atom. The maximum absolute atomic E-state index is 12.8. The summed E-state index contributed by atoms with van der Waals surface area (Å²) in [6, 6.07) is 9.93. The van der Waals surface area contributed by atoms with Crippen molar-refractivity contribution in [3.05, 3.63) is 59.8 Å². The normalized spacial score (nSPS) is 10.9. The van der Waals surface area contributed by atoms with E-state index in [2.05, 4.69) is 10.1 Å². The molecule has 3 rings (SSSR count). The summed E-state index contributed by atoms with van der Waals surface area (Å²) in [6.45, 7) is 0. The number of hydrogen-bond acceptors (Lipinski definition) is 3. The number of halogens is 1. The van der Waals surface area contributed by atoms with E-state index in [-0.39, 0.29) is 5.82 Å². The van der Waals surface area contributed by atoms with E-state index < -0.39 is 0 Å². The quantitative estimate of drug-likeness (QED) is 0.748. The second-order valence-electron chi connectivity index (χ2n) is 4.10. The summed E-state index contributed by atoms with van der Waals surface area (Å²) < 4.78 is 14.4. The number of benzene rings is 1. The number of rotatable bonds is 2. The highest BCUT2D eigenvalue weighted by Gasteiger charge is 2.05. The smallest absolute Gasteiger partial charge is 0.156 e. The summed E-state index contributed by atoms with van der Waals surface area (Å²) in [4.78, 5) is 4.37. The molecule has 0 saturated heterocycles. The number of hydrogen-bond donors (Lipinski definition) is 1. The van der Waals surface area contributed by atoms with Gasteiger partial charge in [-0.05, 0) is 29.8 Å². The van der Waals surface area contributed by atoms with Gasteiger partial charge < -0.3 is 5.73 Å². The van der Waals surface area contributed by atoms with E-state index in [1.807, 2.05) is 6.07 Å². The van der Waals surface area contributed by atoms with Gasteiger partial charge >= 0.3 is 0 Å². The molecule has 3 aromatic rings. The van der Waals surface area contributed by atoms with Crippen molar-refractivity contribution >= 4 is 11.3 Å². The topological polar surface area (TPSA) is 56.2 Å². The average Bonchev–Trinajstić information content (AvgIpc) is 2.73. The molecule has 5 heteroatoms. The minimum atomic E-state index is -0.241. The number of anilines is 1. The van der Waals surface area contributed by atoms with Gasteiger partial charge in [-0.2, -0.15) is 5.10 Å². The predicted octanol–water partition coefficient (Wildman–Crippen LogP) is 2.04. The zero-order valence-corrected chi connectivity index (χ0v) is 9.55. The first-order valence-corrected chi connectivity index (χ1v) is 5.56.